The fourth-order valence-corrected chi connectivity index (χ4v) is 1.80. The minimum atomic E-state index is -0.797. The SMILES string of the molecule is CC(CNc1ccc2[nH]c(=O)[nH]c2c1)CC(=O)O. The van der Waals surface area contributed by atoms with Crippen LogP contribution in [0.15, 0.2) is 23.0 Å². The first-order valence-corrected chi connectivity index (χ1v) is 5.72. The molecule has 6 heteroatoms. The molecule has 2 rings (SSSR count). The summed E-state index contributed by atoms with van der Waals surface area (Å²) in [5, 5.41) is 11.8. The molecule has 0 aliphatic carbocycles. The zero-order valence-corrected chi connectivity index (χ0v) is 9.99. The number of imidazole rings is 1. The largest absolute Gasteiger partial charge is 0.481 e. The van der Waals surface area contributed by atoms with Crippen LogP contribution in [-0.4, -0.2) is 27.6 Å². The molecule has 0 saturated heterocycles. The quantitative estimate of drug-likeness (QED) is 0.643. The zero-order valence-electron chi connectivity index (χ0n) is 9.99. The van der Waals surface area contributed by atoms with E-state index in [4.69, 9.17) is 5.11 Å². The molecule has 2 aromatic rings. The van der Waals surface area contributed by atoms with Gasteiger partial charge in [-0.1, -0.05) is 6.92 Å². The van der Waals surface area contributed by atoms with Crippen molar-refractivity contribution in [2.45, 2.75) is 13.3 Å². The zero-order chi connectivity index (χ0) is 13.1. The maximum Gasteiger partial charge on any atom is 0.323 e. The van der Waals surface area contributed by atoms with Crippen LogP contribution in [0.2, 0.25) is 0 Å². The van der Waals surface area contributed by atoms with Gasteiger partial charge in [0, 0.05) is 18.7 Å². The monoisotopic (exact) mass is 249 g/mol. The smallest absolute Gasteiger partial charge is 0.323 e. The number of nitrogens with one attached hydrogen (secondary N) is 3. The first-order valence-electron chi connectivity index (χ1n) is 5.72. The van der Waals surface area contributed by atoms with E-state index in [1.54, 1.807) is 6.07 Å². The fraction of sp³-hybridized carbons (Fsp3) is 0.333. The Labute approximate surface area is 103 Å². The molecule has 0 spiro atoms. The van der Waals surface area contributed by atoms with Gasteiger partial charge in [-0.25, -0.2) is 4.79 Å². The maximum absolute atomic E-state index is 11.1. The number of carboxylic acids is 1. The van der Waals surface area contributed by atoms with Crippen molar-refractivity contribution in [3.05, 3.63) is 28.7 Å². The third-order valence-corrected chi connectivity index (χ3v) is 2.69. The molecule has 1 atom stereocenters. The number of hydrogen-bond acceptors (Lipinski definition) is 3. The molecule has 0 bridgehead atoms. The van der Waals surface area contributed by atoms with E-state index in [-0.39, 0.29) is 18.0 Å². The highest BCUT2D eigenvalue weighted by Gasteiger charge is 2.07. The molecule has 1 aromatic heterocycles. The predicted octanol–water partition coefficient (Wildman–Crippen LogP) is 1.38. The standard InChI is InChI=1S/C12H15N3O3/c1-7(4-11(16)17)6-13-8-2-3-9-10(5-8)15-12(18)14-9/h2-3,5,7,13H,4,6H2,1H3,(H,16,17)(H2,14,15,18). The van der Waals surface area contributed by atoms with Crippen molar-refractivity contribution in [2.24, 2.45) is 5.92 Å². The summed E-state index contributed by atoms with van der Waals surface area (Å²) in [4.78, 5) is 27.0. The second kappa shape index (κ2) is 4.95. The van der Waals surface area contributed by atoms with E-state index in [9.17, 15) is 9.59 Å². The molecular weight excluding hydrogens is 234 g/mol. The molecule has 1 heterocycles. The Morgan fingerprint density at radius 2 is 2.11 bits per heavy atom. The van der Waals surface area contributed by atoms with Crippen LogP contribution in [0.3, 0.4) is 0 Å². The Hall–Kier alpha value is -2.24. The third-order valence-electron chi connectivity index (χ3n) is 2.69. The first kappa shape index (κ1) is 12.2. The summed E-state index contributed by atoms with van der Waals surface area (Å²) in [6.45, 7) is 2.45. The lowest BCUT2D eigenvalue weighted by molar-refractivity contribution is -0.137. The van der Waals surface area contributed by atoms with Gasteiger partial charge in [-0.05, 0) is 24.1 Å². The summed E-state index contributed by atoms with van der Waals surface area (Å²) in [6, 6.07) is 5.47. The van der Waals surface area contributed by atoms with Gasteiger partial charge in [0.25, 0.3) is 0 Å². The normalized spacial score (nSPS) is 12.5. The summed E-state index contributed by atoms with van der Waals surface area (Å²) in [5.41, 5.74) is 2.11. The average molecular weight is 249 g/mol. The van der Waals surface area contributed by atoms with Gasteiger partial charge in [0.1, 0.15) is 0 Å². The van der Waals surface area contributed by atoms with Gasteiger partial charge in [-0.2, -0.15) is 0 Å². The fourth-order valence-electron chi connectivity index (χ4n) is 1.80. The van der Waals surface area contributed by atoms with Crippen LogP contribution in [0.5, 0.6) is 0 Å². The molecule has 0 amide bonds. The number of carboxylic acid groups (broad SMARTS) is 1. The van der Waals surface area contributed by atoms with Crippen molar-refractivity contribution >= 4 is 22.7 Å². The Morgan fingerprint density at radius 1 is 1.39 bits per heavy atom. The van der Waals surface area contributed by atoms with Crippen molar-refractivity contribution in [2.75, 3.05) is 11.9 Å². The molecule has 0 fully saturated rings. The van der Waals surface area contributed by atoms with Crippen LogP contribution in [-0.2, 0) is 4.79 Å². The summed E-state index contributed by atoms with van der Waals surface area (Å²) in [5.74, 6) is -0.752. The minimum absolute atomic E-state index is 0.0449. The molecule has 0 radical (unpaired) electrons. The van der Waals surface area contributed by atoms with Crippen LogP contribution in [0.25, 0.3) is 11.0 Å². The van der Waals surface area contributed by atoms with Crippen molar-refractivity contribution in [1.82, 2.24) is 9.97 Å². The number of carbonyl (C=O) groups is 1. The van der Waals surface area contributed by atoms with Crippen LogP contribution in [0, 0.1) is 5.92 Å². The van der Waals surface area contributed by atoms with Crippen LogP contribution in [0.4, 0.5) is 5.69 Å². The molecule has 96 valence electrons. The van der Waals surface area contributed by atoms with Gasteiger partial charge in [0.2, 0.25) is 0 Å². The Morgan fingerprint density at radius 3 is 2.83 bits per heavy atom. The van der Waals surface area contributed by atoms with Crippen molar-refractivity contribution in [1.29, 1.82) is 0 Å². The number of H-pyrrole nitrogens is 2. The van der Waals surface area contributed by atoms with Gasteiger partial charge in [0.15, 0.2) is 0 Å². The molecular formula is C12H15N3O3. The van der Waals surface area contributed by atoms with Crippen molar-refractivity contribution in [3.63, 3.8) is 0 Å². The first-order chi connectivity index (χ1) is 8.54. The summed E-state index contributed by atoms with van der Waals surface area (Å²) in [7, 11) is 0. The Kier molecular flexibility index (Phi) is 3.36. The second-order valence-corrected chi connectivity index (χ2v) is 4.42. The number of aromatic nitrogens is 2. The highest BCUT2D eigenvalue weighted by Crippen LogP contribution is 2.15. The number of benzene rings is 1. The number of hydrogen-bond donors (Lipinski definition) is 4. The second-order valence-electron chi connectivity index (χ2n) is 4.42. The Balaban J connectivity index is 2.03. The molecule has 4 N–H and O–H groups in total. The lowest BCUT2D eigenvalue weighted by atomic mass is 10.1. The van der Waals surface area contributed by atoms with E-state index in [0.29, 0.717) is 6.54 Å². The van der Waals surface area contributed by atoms with E-state index in [1.165, 1.54) is 0 Å². The van der Waals surface area contributed by atoms with Gasteiger partial charge in [0.05, 0.1) is 11.0 Å². The van der Waals surface area contributed by atoms with E-state index >= 15 is 0 Å². The van der Waals surface area contributed by atoms with Crippen LogP contribution >= 0.6 is 0 Å². The highest BCUT2D eigenvalue weighted by molar-refractivity contribution is 5.78. The number of rotatable bonds is 5. The minimum Gasteiger partial charge on any atom is -0.481 e. The average Bonchev–Trinajstić information content (AvgIpc) is 2.64. The lowest BCUT2D eigenvalue weighted by Crippen LogP contribution is -2.14. The van der Waals surface area contributed by atoms with Crippen LogP contribution < -0.4 is 11.0 Å². The topological polar surface area (TPSA) is 98.0 Å². The molecule has 1 unspecified atom stereocenters. The maximum atomic E-state index is 11.1. The van der Waals surface area contributed by atoms with Gasteiger partial charge < -0.3 is 20.4 Å². The molecule has 0 aliphatic rings. The molecule has 0 saturated carbocycles. The third kappa shape index (κ3) is 2.91. The molecule has 1 aromatic carbocycles. The molecule has 6 nitrogen and oxygen atoms in total. The lowest BCUT2D eigenvalue weighted by Gasteiger charge is -2.11. The summed E-state index contributed by atoms with van der Waals surface area (Å²) in [6.07, 6.45) is 0.135. The Bertz CT molecular complexity index is 614. The number of aliphatic carboxylic acids is 1. The molecule has 0 aliphatic heterocycles. The van der Waals surface area contributed by atoms with Gasteiger partial charge in [-0.15, -0.1) is 0 Å². The highest BCUT2D eigenvalue weighted by atomic mass is 16.4. The molecule has 18 heavy (non-hydrogen) atoms. The predicted molar refractivity (Wildman–Crippen MR) is 68.8 cm³/mol. The number of aromatic amines is 2. The van der Waals surface area contributed by atoms with Crippen molar-refractivity contribution in [3.8, 4) is 0 Å². The van der Waals surface area contributed by atoms with E-state index < -0.39 is 5.97 Å². The van der Waals surface area contributed by atoms with Gasteiger partial charge >= 0.3 is 11.7 Å². The van der Waals surface area contributed by atoms with Crippen molar-refractivity contribution < 1.29 is 9.90 Å². The van der Waals surface area contributed by atoms with Gasteiger partial charge in [-0.3, -0.25) is 4.79 Å². The summed E-state index contributed by atoms with van der Waals surface area (Å²) >= 11 is 0. The van der Waals surface area contributed by atoms with E-state index in [2.05, 4.69) is 15.3 Å². The van der Waals surface area contributed by atoms with E-state index in [0.717, 1.165) is 16.7 Å². The van der Waals surface area contributed by atoms with E-state index in [1.807, 2.05) is 19.1 Å². The number of fused-ring (bicyclic) bond motifs is 1. The number of anilines is 1. The van der Waals surface area contributed by atoms with Crippen LogP contribution in [0.1, 0.15) is 13.3 Å². The summed E-state index contributed by atoms with van der Waals surface area (Å²) < 4.78 is 0.